The fourth-order valence-corrected chi connectivity index (χ4v) is 3.58. The van der Waals surface area contributed by atoms with E-state index < -0.39 is 0 Å². The van der Waals surface area contributed by atoms with Crippen molar-refractivity contribution >= 4 is 46.2 Å². The molecule has 1 aromatic heterocycles. The van der Waals surface area contributed by atoms with Gasteiger partial charge in [-0.25, -0.2) is 4.99 Å². The number of thioether (sulfide) groups is 1. The van der Waals surface area contributed by atoms with Crippen molar-refractivity contribution in [3.63, 3.8) is 0 Å². The van der Waals surface area contributed by atoms with Crippen molar-refractivity contribution in [1.82, 2.24) is 4.90 Å². The summed E-state index contributed by atoms with van der Waals surface area (Å²) < 4.78 is 5.56. The molecule has 25 heavy (non-hydrogen) atoms. The van der Waals surface area contributed by atoms with Crippen molar-refractivity contribution in [2.45, 2.75) is 20.8 Å². The van der Waals surface area contributed by atoms with Crippen LogP contribution in [0.1, 0.15) is 25.4 Å². The van der Waals surface area contributed by atoms with Crippen molar-refractivity contribution in [2.75, 3.05) is 6.54 Å². The Morgan fingerprint density at radius 1 is 1.28 bits per heavy atom. The molecule has 0 N–H and O–H groups in total. The summed E-state index contributed by atoms with van der Waals surface area (Å²) in [6.07, 6.45) is 1.77. The lowest BCUT2D eigenvalue weighted by atomic mass is 10.2. The van der Waals surface area contributed by atoms with Gasteiger partial charge in [-0.05, 0) is 48.9 Å². The molecule has 1 aromatic carbocycles. The van der Waals surface area contributed by atoms with E-state index in [0.717, 1.165) is 5.76 Å². The summed E-state index contributed by atoms with van der Waals surface area (Å²) >= 11 is 7.56. The Kier molecular flexibility index (Phi) is 5.35. The van der Waals surface area contributed by atoms with Gasteiger partial charge < -0.3 is 4.42 Å². The maximum atomic E-state index is 12.8. The summed E-state index contributed by atoms with van der Waals surface area (Å²) in [7, 11) is 0. The van der Waals surface area contributed by atoms with Gasteiger partial charge in [-0.15, -0.1) is 0 Å². The lowest BCUT2D eigenvalue weighted by Crippen LogP contribution is -2.32. The Labute approximate surface area is 156 Å². The Morgan fingerprint density at radius 2 is 2.04 bits per heavy atom. The van der Waals surface area contributed by atoms with Crippen LogP contribution in [0.4, 0.5) is 5.69 Å². The molecule has 0 atom stereocenters. The quantitative estimate of drug-likeness (QED) is 0.663. The largest absolute Gasteiger partial charge is 0.462 e. The first-order valence-electron chi connectivity index (χ1n) is 8.05. The molecular formula is C19H19ClN2O2S. The van der Waals surface area contributed by atoms with Crippen LogP contribution in [0.25, 0.3) is 6.08 Å². The van der Waals surface area contributed by atoms with Crippen LogP contribution >= 0.6 is 23.4 Å². The number of aliphatic imine (C=N–C) groups is 1. The number of carbonyl (C=O) groups excluding carboxylic acids is 1. The lowest BCUT2D eigenvalue weighted by molar-refractivity contribution is -0.122. The van der Waals surface area contributed by atoms with E-state index in [0.29, 0.717) is 39.0 Å². The normalized spacial score (nSPS) is 18.1. The monoisotopic (exact) mass is 374 g/mol. The lowest BCUT2D eigenvalue weighted by Gasteiger charge is -2.17. The molecule has 1 fully saturated rings. The van der Waals surface area contributed by atoms with Crippen molar-refractivity contribution in [3.8, 4) is 0 Å². The van der Waals surface area contributed by atoms with Crippen LogP contribution in [0.3, 0.4) is 0 Å². The summed E-state index contributed by atoms with van der Waals surface area (Å²) in [5.41, 5.74) is 0.656. The molecule has 0 spiro atoms. The van der Waals surface area contributed by atoms with Crippen LogP contribution in [0.5, 0.6) is 0 Å². The van der Waals surface area contributed by atoms with E-state index in [1.807, 2.05) is 37.3 Å². The second-order valence-corrected chi connectivity index (χ2v) is 7.63. The third kappa shape index (κ3) is 4.17. The van der Waals surface area contributed by atoms with Crippen molar-refractivity contribution < 1.29 is 9.21 Å². The van der Waals surface area contributed by atoms with Gasteiger partial charge in [0, 0.05) is 12.6 Å². The molecule has 0 saturated carbocycles. The molecule has 4 nitrogen and oxygen atoms in total. The molecule has 0 aliphatic carbocycles. The number of amides is 1. The molecule has 1 aliphatic heterocycles. The first-order valence-corrected chi connectivity index (χ1v) is 9.24. The van der Waals surface area contributed by atoms with E-state index in [-0.39, 0.29) is 5.91 Å². The second kappa shape index (κ2) is 7.50. The van der Waals surface area contributed by atoms with Crippen LogP contribution in [0, 0.1) is 12.8 Å². The first kappa shape index (κ1) is 17.8. The zero-order valence-corrected chi connectivity index (χ0v) is 15.9. The van der Waals surface area contributed by atoms with Gasteiger partial charge in [0.1, 0.15) is 11.5 Å². The van der Waals surface area contributed by atoms with Crippen LogP contribution in [-0.2, 0) is 4.79 Å². The smallest absolute Gasteiger partial charge is 0.266 e. The fourth-order valence-electron chi connectivity index (χ4n) is 2.42. The Bertz CT molecular complexity index is 855. The standard InChI is InChI=1S/C19H19ClN2O2S/c1-12(2)11-22-18(23)17(10-14-9-8-13(3)24-14)25-19(22)21-16-7-5-4-6-15(16)20/h4-10,12H,11H2,1-3H3/b17-10+,21-19?. The number of carbonyl (C=O) groups is 1. The summed E-state index contributed by atoms with van der Waals surface area (Å²) in [6, 6.07) is 11.1. The minimum absolute atomic E-state index is 0.0569. The van der Waals surface area contributed by atoms with Gasteiger partial charge >= 0.3 is 0 Å². The maximum Gasteiger partial charge on any atom is 0.266 e. The fraction of sp³-hybridized carbons (Fsp3) is 0.263. The molecule has 2 heterocycles. The van der Waals surface area contributed by atoms with Gasteiger partial charge in [-0.1, -0.05) is 37.6 Å². The third-order valence-electron chi connectivity index (χ3n) is 3.54. The minimum Gasteiger partial charge on any atom is -0.462 e. The molecule has 3 rings (SSSR count). The Morgan fingerprint density at radius 3 is 2.68 bits per heavy atom. The molecule has 1 amide bonds. The van der Waals surface area contributed by atoms with Crippen LogP contribution < -0.4 is 0 Å². The third-order valence-corrected chi connectivity index (χ3v) is 4.87. The maximum absolute atomic E-state index is 12.8. The summed E-state index contributed by atoms with van der Waals surface area (Å²) in [6.45, 7) is 6.62. The zero-order valence-electron chi connectivity index (χ0n) is 14.3. The average Bonchev–Trinajstić information content (AvgIpc) is 3.08. The number of para-hydroxylation sites is 1. The number of rotatable bonds is 4. The van der Waals surface area contributed by atoms with E-state index in [1.165, 1.54) is 11.8 Å². The number of furan rings is 1. The van der Waals surface area contributed by atoms with Gasteiger partial charge in [0.2, 0.25) is 0 Å². The predicted octanol–water partition coefficient (Wildman–Crippen LogP) is 5.50. The molecule has 1 aliphatic rings. The average molecular weight is 375 g/mol. The van der Waals surface area contributed by atoms with Crippen molar-refractivity contribution in [1.29, 1.82) is 0 Å². The highest BCUT2D eigenvalue weighted by atomic mass is 35.5. The number of hydrogen-bond donors (Lipinski definition) is 0. The SMILES string of the molecule is Cc1ccc(/C=C2/SC(=Nc3ccccc3Cl)N(CC(C)C)C2=O)o1. The number of nitrogens with zero attached hydrogens (tertiary/aromatic N) is 2. The van der Waals surface area contributed by atoms with Gasteiger partial charge in [0.15, 0.2) is 5.17 Å². The molecule has 130 valence electrons. The van der Waals surface area contributed by atoms with E-state index in [2.05, 4.69) is 18.8 Å². The number of amidine groups is 1. The zero-order chi connectivity index (χ0) is 18.0. The molecule has 2 aromatic rings. The molecule has 0 unspecified atom stereocenters. The topological polar surface area (TPSA) is 45.8 Å². The van der Waals surface area contributed by atoms with Crippen molar-refractivity contribution in [2.24, 2.45) is 10.9 Å². The van der Waals surface area contributed by atoms with Crippen molar-refractivity contribution in [3.05, 3.63) is 57.8 Å². The van der Waals surface area contributed by atoms with E-state index in [9.17, 15) is 4.79 Å². The summed E-state index contributed by atoms with van der Waals surface area (Å²) in [5.74, 6) is 1.74. The number of aryl methyl sites for hydroxylation is 1. The number of hydrogen-bond acceptors (Lipinski definition) is 4. The molecule has 0 bridgehead atoms. The molecular weight excluding hydrogens is 356 g/mol. The Balaban J connectivity index is 1.97. The van der Waals surface area contributed by atoms with E-state index >= 15 is 0 Å². The van der Waals surface area contributed by atoms with Gasteiger partial charge in [-0.3, -0.25) is 9.69 Å². The van der Waals surface area contributed by atoms with Gasteiger partial charge in [0.25, 0.3) is 5.91 Å². The van der Waals surface area contributed by atoms with Crippen LogP contribution in [0.2, 0.25) is 5.02 Å². The van der Waals surface area contributed by atoms with Crippen LogP contribution in [-0.4, -0.2) is 22.5 Å². The molecule has 6 heteroatoms. The summed E-state index contributed by atoms with van der Waals surface area (Å²) in [4.78, 5) is 19.7. The number of halogens is 1. The van der Waals surface area contributed by atoms with E-state index in [4.69, 9.17) is 16.0 Å². The van der Waals surface area contributed by atoms with Gasteiger partial charge in [-0.2, -0.15) is 0 Å². The highest BCUT2D eigenvalue weighted by molar-refractivity contribution is 8.18. The predicted molar refractivity (Wildman–Crippen MR) is 104 cm³/mol. The first-order chi connectivity index (χ1) is 11.9. The van der Waals surface area contributed by atoms with E-state index in [1.54, 1.807) is 17.0 Å². The number of benzene rings is 1. The van der Waals surface area contributed by atoms with Crippen LogP contribution in [0.15, 0.2) is 50.7 Å². The highest BCUT2D eigenvalue weighted by Crippen LogP contribution is 2.36. The highest BCUT2D eigenvalue weighted by Gasteiger charge is 2.34. The summed E-state index contributed by atoms with van der Waals surface area (Å²) in [5, 5.41) is 1.20. The van der Waals surface area contributed by atoms with Gasteiger partial charge in [0.05, 0.1) is 15.6 Å². The minimum atomic E-state index is -0.0569. The molecule has 0 radical (unpaired) electrons. The second-order valence-electron chi connectivity index (χ2n) is 6.21. The molecule has 1 saturated heterocycles. The Hall–Kier alpha value is -1.98.